The lowest BCUT2D eigenvalue weighted by Gasteiger charge is -2.62. The van der Waals surface area contributed by atoms with Crippen LogP contribution in [0.15, 0.2) is 115 Å². The third kappa shape index (κ3) is 4.07. The minimum Gasteiger partial charge on any atom is -0.325 e. The van der Waals surface area contributed by atoms with Crippen LogP contribution in [0.5, 0.6) is 0 Å². The van der Waals surface area contributed by atoms with E-state index in [2.05, 4.69) is 59.9 Å². The van der Waals surface area contributed by atoms with E-state index in [-0.39, 0.29) is 17.2 Å². The Morgan fingerprint density at radius 3 is 1.55 bits per heavy atom. The highest BCUT2D eigenvalue weighted by molar-refractivity contribution is 5.98. The molecule has 0 radical (unpaired) electrons. The van der Waals surface area contributed by atoms with E-state index in [1.165, 1.54) is 44.1 Å². The molecule has 2 unspecified atom stereocenters. The van der Waals surface area contributed by atoms with Crippen molar-refractivity contribution >= 4 is 11.6 Å². The molecule has 4 aromatic carbocycles. The zero-order valence-corrected chi connectivity index (χ0v) is 21.9. The van der Waals surface area contributed by atoms with E-state index in [1.54, 1.807) is 5.56 Å². The Labute approximate surface area is 226 Å². The number of nitrogens with one attached hydrogen (secondary N) is 1. The molecule has 1 amide bonds. The lowest BCUT2D eigenvalue weighted by Crippen LogP contribution is -2.55. The summed E-state index contributed by atoms with van der Waals surface area (Å²) in [6.45, 7) is 0. The van der Waals surface area contributed by atoms with Crippen LogP contribution in [-0.2, 0) is 15.6 Å². The van der Waals surface area contributed by atoms with Gasteiger partial charge in [-0.3, -0.25) is 4.79 Å². The highest BCUT2D eigenvalue weighted by atomic mass is 16.1. The highest BCUT2D eigenvalue weighted by Gasteiger charge is 2.58. The van der Waals surface area contributed by atoms with Crippen molar-refractivity contribution in [2.24, 2.45) is 11.8 Å². The summed E-state index contributed by atoms with van der Waals surface area (Å²) >= 11 is 0. The third-order valence-corrected chi connectivity index (χ3v) is 9.74. The molecule has 4 fully saturated rings. The van der Waals surface area contributed by atoms with Crippen LogP contribution in [0.4, 0.5) is 5.69 Å². The van der Waals surface area contributed by atoms with E-state index < -0.39 is 0 Å². The Hall–Kier alpha value is -3.65. The third-order valence-electron chi connectivity index (χ3n) is 9.74. The molecule has 4 aliphatic carbocycles. The molecule has 190 valence electrons. The highest BCUT2D eigenvalue weighted by Crippen LogP contribution is 2.66. The minimum atomic E-state index is -0.342. The number of carbonyl (C=O) groups is 1. The number of anilines is 1. The van der Waals surface area contributed by atoms with Crippen molar-refractivity contribution in [1.29, 1.82) is 0 Å². The zero-order valence-electron chi connectivity index (χ0n) is 21.9. The van der Waals surface area contributed by atoms with Crippen LogP contribution in [-0.4, -0.2) is 5.91 Å². The fourth-order valence-corrected chi connectivity index (χ4v) is 8.64. The van der Waals surface area contributed by atoms with Gasteiger partial charge in [0.1, 0.15) is 0 Å². The van der Waals surface area contributed by atoms with E-state index >= 15 is 0 Å². The summed E-state index contributed by atoms with van der Waals surface area (Å²) in [5.74, 6) is 1.32. The SMILES string of the molecule is O=C(Nc1ccc(C23C[C@@H]4C[C@@H](CC(c5ccccc5)(C4)C2)C3)cc1)C(c1ccccc1)c1ccccc1. The maximum absolute atomic E-state index is 13.6. The van der Waals surface area contributed by atoms with Gasteiger partial charge in [-0.1, -0.05) is 103 Å². The molecular formula is C36H35NO. The van der Waals surface area contributed by atoms with E-state index in [9.17, 15) is 4.79 Å². The van der Waals surface area contributed by atoms with Gasteiger partial charge >= 0.3 is 0 Å². The summed E-state index contributed by atoms with van der Waals surface area (Å²) in [6, 6.07) is 40.3. The second-order valence-corrected chi connectivity index (χ2v) is 12.2. The van der Waals surface area contributed by atoms with Crippen molar-refractivity contribution in [3.05, 3.63) is 138 Å². The number of benzene rings is 4. The molecule has 4 bridgehead atoms. The van der Waals surface area contributed by atoms with Gasteiger partial charge in [0.25, 0.3) is 0 Å². The van der Waals surface area contributed by atoms with Crippen molar-refractivity contribution in [3.63, 3.8) is 0 Å². The summed E-state index contributed by atoms with van der Waals surface area (Å²) in [6.07, 6.45) is 7.99. The van der Waals surface area contributed by atoms with Gasteiger partial charge in [0.05, 0.1) is 5.92 Å². The Bertz CT molecular complexity index is 1360. The van der Waals surface area contributed by atoms with E-state index in [1.807, 2.05) is 60.7 Å². The Kier molecular flexibility index (Phi) is 5.73. The Balaban J connectivity index is 1.15. The molecule has 0 saturated heterocycles. The Morgan fingerprint density at radius 2 is 1.05 bits per heavy atom. The Morgan fingerprint density at radius 1 is 0.605 bits per heavy atom. The van der Waals surface area contributed by atoms with Crippen LogP contribution >= 0.6 is 0 Å². The number of hydrogen-bond acceptors (Lipinski definition) is 1. The average molecular weight is 498 g/mol. The van der Waals surface area contributed by atoms with Crippen LogP contribution in [0.2, 0.25) is 0 Å². The van der Waals surface area contributed by atoms with Crippen molar-refractivity contribution in [3.8, 4) is 0 Å². The maximum atomic E-state index is 13.6. The second-order valence-electron chi connectivity index (χ2n) is 12.2. The normalized spacial score (nSPS) is 27.4. The molecule has 0 aromatic heterocycles. The molecule has 2 heteroatoms. The van der Waals surface area contributed by atoms with Gasteiger partial charge in [-0.2, -0.15) is 0 Å². The monoisotopic (exact) mass is 497 g/mol. The molecule has 4 aliphatic rings. The first-order valence-corrected chi connectivity index (χ1v) is 14.2. The van der Waals surface area contributed by atoms with Gasteiger partial charge < -0.3 is 5.32 Å². The van der Waals surface area contributed by atoms with Crippen molar-refractivity contribution in [2.75, 3.05) is 5.32 Å². The van der Waals surface area contributed by atoms with Crippen molar-refractivity contribution in [2.45, 2.75) is 55.3 Å². The predicted octanol–water partition coefficient (Wildman–Crippen LogP) is 8.25. The summed E-state index contributed by atoms with van der Waals surface area (Å²) in [4.78, 5) is 13.6. The summed E-state index contributed by atoms with van der Waals surface area (Å²) in [5, 5.41) is 3.23. The van der Waals surface area contributed by atoms with Crippen LogP contribution in [0.1, 0.15) is 66.7 Å². The first-order chi connectivity index (χ1) is 18.6. The number of rotatable bonds is 6. The lowest BCUT2D eigenvalue weighted by molar-refractivity contribution is -0.116. The van der Waals surface area contributed by atoms with Gasteiger partial charge in [0.2, 0.25) is 5.91 Å². The fourth-order valence-electron chi connectivity index (χ4n) is 8.64. The topological polar surface area (TPSA) is 29.1 Å². The summed E-state index contributed by atoms with van der Waals surface area (Å²) in [5.41, 5.74) is 6.50. The molecular weight excluding hydrogens is 462 g/mol. The van der Waals surface area contributed by atoms with Crippen molar-refractivity contribution in [1.82, 2.24) is 0 Å². The summed E-state index contributed by atoms with van der Waals surface area (Å²) in [7, 11) is 0. The minimum absolute atomic E-state index is 0.00739. The van der Waals surface area contributed by atoms with Crippen LogP contribution < -0.4 is 5.32 Å². The zero-order chi connectivity index (χ0) is 25.6. The molecule has 8 rings (SSSR count). The second kappa shape index (κ2) is 9.27. The van der Waals surface area contributed by atoms with E-state index in [0.29, 0.717) is 5.41 Å². The molecule has 4 aromatic rings. The number of carbonyl (C=O) groups excluding carboxylic acids is 1. The van der Waals surface area contributed by atoms with Gasteiger partial charge in [-0.25, -0.2) is 0 Å². The largest absolute Gasteiger partial charge is 0.325 e. The maximum Gasteiger partial charge on any atom is 0.236 e. The quantitative estimate of drug-likeness (QED) is 0.285. The first-order valence-electron chi connectivity index (χ1n) is 14.2. The molecule has 1 N–H and O–H groups in total. The van der Waals surface area contributed by atoms with Crippen LogP contribution in [0, 0.1) is 11.8 Å². The molecule has 0 spiro atoms. The standard InChI is InChI=1S/C36H35NO/c38-34(33(28-10-4-1-5-11-28)29-12-6-2-7-13-29)37-32-18-16-31(17-19-32)36-23-26-20-27(24-36)22-35(21-26,25-36)30-14-8-3-9-15-30/h1-19,26-27,33H,20-25H2,(H,37,38)/t26-,27+,35?,36?. The van der Waals surface area contributed by atoms with Gasteiger partial charge in [0, 0.05) is 5.69 Å². The molecule has 4 saturated carbocycles. The van der Waals surface area contributed by atoms with E-state index in [4.69, 9.17) is 0 Å². The molecule has 0 heterocycles. The van der Waals surface area contributed by atoms with Crippen LogP contribution in [0.3, 0.4) is 0 Å². The lowest BCUT2D eigenvalue weighted by atomic mass is 9.42. The van der Waals surface area contributed by atoms with Gasteiger partial charge in [-0.05, 0) is 95.6 Å². The predicted molar refractivity (Wildman–Crippen MR) is 154 cm³/mol. The fraction of sp³-hybridized carbons (Fsp3) is 0.306. The number of amides is 1. The van der Waals surface area contributed by atoms with Gasteiger partial charge in [0.15, 0.2) is 0 Å². The summed E-state index contributed by atoms with van der Waals surface area (Å²) < 4.78 is 0. The van der Waals surface area contributed by atoms with Crippen LogP contribution in [0.25, 0.3) is 0 Å². The first kappa shape index (κ1) is 23.5. The molecule has 0 aliphatic heterocycles. The molecule has 4 atom stereocenters. The van der Waals surface area contributed by atoms with Gasteiger partial charge in [-0.15, -0.1) is 0 Å². The smallest absolute Gasteiger partial charge is 0.236 e. The number of hydrogen-bond donors (Lipinski definition) is 1. The molecule has 2 nitrogen and oxygen atoms in total. The molecule has 38 heavy (non-hydrogen) atoms. The van der Waals surface area contributed by atoms with E-state index in [0.717, 1.165) is 28.7 Å². The average Bonchev–Trinajstić information content (AvgIpc) is 2.94. The van der Waals surface area contributed by atoms with Crippen molar-refractivity contribution < 1.29 is 4.79 Å².